The van der Waals surface area contributed by atoms with Gasteiger partial charge in [-0.15, -0.1) is 10.2 Å². The fourth-order valence-electron chi connectivity index (χ4n) is 4.51. The Morgan fingerprint density at radius 3 is 2.47 bits per heavy atom. The Hall–Kier alpha value is -3.60. The van der Waals surface area contributed by atoms with E-state index < -0.39 is 22.6 Å². The minimum Gasteiger partial charge on any atom is -0.503 e. The molecule has 4 rings (SSSR count). The van der Waals surface area contributed by atoms with E-state index in [4.69, 9.17) is 0 Å². The molecule has 1 aliphatic rings. The molecule has 1 atom stereocenters. The molecule has 0 unspecified atom stereocenters. The number of fused-ring (bicyclic) bond motifs is 1. The van der Waals surface area contributed by atoms with E-state index in [-0.39, 0.29) is 46.6 Å². The number of amides is 2. The molecule has 11 heteroatoms. The summed E-state index contributed by atoms with van der Waals surface area (Å²) in [7, 11) is 0. The van der Waals surface area contributed by atoms with Crippen molar-refractivity contribution in [3.8, 4) is 16.3 Å². The number of carbonyl (C=O) groups excluding carboxylic acids is 2. The zero-order chi connectivity index (χ0) is 26.4. The molecule has 3 aromatic rings. The summed E-state index contributed by atoms with van der Waals surface area (Å²) < 4.78 is 14.6. The molecule has 0 fully saturated rings. The highest BCUT2D eigenvalue weighted by Gasteiger charge is 2.49. The second-order valence-corrected chi connectivity index (χ2v) is 10.7. The number of rotatable bonds is 6. The first-order valence-electron chi connectivity index (χ1n) is 11.6. The molecular weight excluding hydrogens is 485 g/mol. The molecule has 9 nitrogen and oxygen atoms in total. The van der Waals surface area contributed by atoms with Crippen molar-refractivity contribution in [3.05, 3.63) is 62.8 Å². The number of hydrogen-bond donors (Lipinski definition) is 2. The maximum Gasteiger partial charge on any atom is 0.275 e. The molecule has 0 aliphatic carbocycles. The first kappa shape index (κ1) is 25.5. The third-order valence-electron chi connectivity index (χ3n) is 6.08. The van der Waals surface area contributed by atoms with Crippen LogP contribution < -0.4 is 10.7 Å². The Bertz CT molecular complexity index is 1380. The minimum atomic E-state index is -1.25. The topological polar surface area (TPSA) is 117 Å². The van der Waals surface area contributed by atoms with Crippen molar-refractivity contribution < 1.29 is 19.1 Å². The number of nitrogens with zero attached hydrogens (tertiary/aromatic N) is 4. The predicted molar refractivity (Wildman–Crippen MR) is 133 cm³/mol. The van der Waals surface area contributed by atoms with Gasteiger partial charge < -0.3 is 19.9 Å². The van der Waals surface area contributed by atoms with Crippen molar-refractivity contribution in [2.75, 3.05) is 0 Å². The zero-order valence-electron chi connectivity index (χ0n) is 20.7. The van der Waals surface area contributed by atoms with Crippen LogP contribution in [0.5, 0.6) is 5.75 Å². The summed E-state index contributed by atoms with van der Waals surface area (Å²) in [5.41, 5.74) is -1.25. The molecule has 0 saturated carbocycles. The van der Waals surface area contributed by atoms with Crippen molar-refractivity contribution in [2.24, 2.45) is 0 Å². The van der Waals surface area contributed by atoms with Crippen LogP contribution >= 0.6 is 11.3 Å². The standard InChI is InChI=1S/C25H28FN5O4S/c1-13(2)27-24(35)25(5)12-30-11-17(20(32)21(33)19(30)23(34)31(25)14(3)4)22-29-28-18(36-22)10-15-6-8-16(26)9-7-15/h6-9,11,13-14,33H,10,12H2,1-5H3,(H,27,35)/t25-/m0/s1. The van der Waals surface area contributed by atoms with Gasteiger partial charge in [0.25, 0.3) is 5.91 Å². The molecule has 1 aliphatic heterocycles. The lowest BCUT2D eigenvalue weighted by atomic mass is 9.91. The molecule has 2 N–H and O–H groups in total. The van der Waals surface area contributed by atoms with Gasteiger partial charge >= 0.3 is 0 Å². The van der Waals surface area contributed by atoms with Crippen LogP contribution in [0.4, 0.5) is 4.39 Å². The Morgan fingerprint density at radius 1 is 1.19 bits per heavy atom. The summed E-state index contributed by atoms with van der Waals surface area (Å²) in [4.78, 5) is 41.2. The molecule has 190 valence electrons. The number of nitrogens with one attached hydrogen (secondary N) is 1. The molecular formula is C25H28FN5O4S. The quantitative estimate of drug-likeness (QED) is 0.523. The van der Waals surface area contributed by atoms with Crippen molar-refractivity contribution >= 4 is 23.2 Å². The average molecular weight is 514 g/mol. The number of halogens is 1. The van der Waals surface area contributed by atoms with E-state index in [1.54, 1.807) is 32.9 Å². The number of aromatic hydroxyl groups is 1. The van der Waals surface area contributed by atoms with E-state index >= 15 is 0 Å². The average Bonchev–Trinajstić information content (AvgIpc) is 3.25. The predicted octanol–water partition coefficient (Wildman–Crippen LogP) is 2.95. The van der Waals surface area contributed by atoms with Gasteiger partial charge in [-0.2, -0.15) is 0 Å². The highest BCUT2D eigenvalue weighted by atomic mass is 32.1. The van der Waals surface area contributed by atoms with E-state index in [1.165, 1.54) is 27.8 Å². The minimum absolute atomic E-state index is 0.0346. The second kappa shape index (κ2) is 9.45. The van der Waals surface area contributed by atoms with Gasteiger partial charge in [0.2, 0.25) is 11.3 Å². The maximum absolute atomic E-state index is 13.5. The monoisotopic (exact) mass is 513 g/mol. The Morgan fingerprint density at radius 2 is 1.86 bits per heavy atom. The van der Waals surface area contributed by atoms with Crippen LogP contribution in [0, 0.1) is 5.82 Å². The van der Waals surface area contributed by atoms with Crippen LogP contribution in [0.15, 0.2) is 35.3 Å². The number of carbonyl (C=O) groups is 2. The van der Waals surface area contributed by atoms with Gasteiger partial charge in [-0.05, 0) is 52.3 Å². The second-order valence-electron chi connectivity index (χ2n) is 9.67. The fraction of sp³-hybridized carbons (Fsp3) is 0.400. The van der Waals surface area contributed by atoms with Gasteiger partial charge in [0, 0.05) is 24.7 Å². The maximum atomic E-state index is 13.5. The summed E-state index contributed by atoms with van der Waals surface area (Å²) >= 11 is 1.16. The van der Waals surface area contributed by atoms with Gasteiger partial charge in [-0.1, -0.05) is 23.5 Å². The number of pyridine rings is 1. The van der Waals surface area contributed by atoms with Crippen molar-refractivity contribution in [1.82, 2.24) is 25.0 Å². The van der Waals surface area contributed by atoms with Crippen LogP contribution in [0.2, 0.25) is 0 Å². The van der Waals surface area contributed by atoms with Gasteiger partial charge in [-0.25, -0.2) is 4.39 Å². The first-order valence-corrected chi connectivity index (χ1v) is 12.4. The van der Waals surface area contributed by atoms with Crippen LogP contribution in [-0.2, 0) is 17.8 Å². The zero-order valence-corrected chi connectivity index (χ0v) is 21.5. The van der Waals surface area contributed by atoms with Crippen LogP contribution in [-0.4, -0.2) is 54.2 Å². The largest absolute Gasteiger partial charge is 0.503 e. The highest BCUT2D eigenvalue weighted by Crippen LogP contribution is 2.34. The lowest BCUT2D eigenvalue weighted by molar-refractivity contribution is -0.134. The molecule has 1 aromatic carbocycles. The number of benzene rings is 1. The summed E-state index contributed by atoms with van der Waals surface area (Å²) in [6.07, 6.45) is 1.85. The molecule has 2 amide bonds. The fourth-order valence-corrected chi connectivity index (χ4v) is 5.39. The Balaban J connectivity index is 1.76. The van der Waals surface area contributed by atoms with E-state index in [2.05, 4.69) is 15.5 Å². The summed E-state index contributed by atoms with van der Waals surface area (Å²) in [6, 6.07) is 5.50. The number of hydrogen-bond acceptors (Lipinski definition) is 7. The molecule has 0 saturated heterocycles. The van der Waals surface area contributed by atoms with Gasteiger partial charge in [0.1, 0.15) is 16.4 Å². The van der Waals surface area contributed by atoms with Crippen LogP contribution in [0.1, 0.15) is 55.7 Å². The third kappa shape index (κ3) is 4.50. The van der Waals surface area contributed by atoms with Crippen molar-refractivity contribution in [3.63, 3.8) is 0 Å². The Labute approximate surface area is 211 Å². The van der Waals surface area contributed by atoms with Crippen LogP contribution in [0.25, 0.3) is 10.6 Å². The van der Waals surface area contributed by atoms with E-state index in [0.717, 1.165) is 16.9 Å². The lowest BCUT2D eigenvalue weighted by Crippen LogP contribution is -2.66. The first-order chi connectivity index (χ1) is 16.9. The van der Waals surface area contributed by atoms with E-state index in [0.29, 0.717) is 11.4 Å². The van der Waals surface area contributed by atoms with Crippen molar-refractivity contribution in [1.29, 1.82) is 0 Å². The van der Waals surface area contributed by atoms with Gasteiger partial charge in [0.15, 0.2) is 16.5 Å². The molecule has 36 heavy (non-hydrogen) atoms. The van der Waals surface area contributed by atoms with E-state index in [1.807, 2.05) is 13.8 Å². The van der Waals surface area contributed by atoms with Crippen LogP contribution in [0.3, 0.4) is 0 Å². The van der Waals surface area contributed by atoms with Gasteiger partial charge in [-0.3, -0.25) is 14.4 Å². The van der Waals surface area contributed by atoms with Gasteiger partial charge in [0.05, 0.1) is 12.1 Å². The van der Waals surface area contributed by atoms with Crippen molar-refractivity contribution in [2.45, 2.75) is 65.2 Å². The molecule has 0 radical (unpaired) electrons. The molecule has 0 spiro atoms. The smallest absolute Gasteiger partial charge is 0.275 e. The molecule has 2 aromatic heterocycles. The summed E-state index contributed by atoms with van der Waals surface area (Å²) in [5, 5.41) is 22.8. The molecule has 3 heterocycles. The van der Waals surface area contributed by atoms with E-state index in [9.17, 15) is 23.9 Å². The lowest BCUT2D eigenvalue weighted by Gasteiger charge is -2.47. The third-order valence-corrected chi connectivity index (χ3v) is 7.04. The normalized spacial score (nSPS) is 17.6. The Kier molecular flexibility index (Phi) is 6.70. The number of aromatic nitrogens is 3. The molecule has 0 bridgehead atoms. The summed E-state index contributed by atoms with van der Waals surface area (Å²) in [6.45, 7) is 8.93. The SMILES string of the molecule is CC(C)NC(=O)[C@]1(C)Cn2cc(-c3nnc(Cc4ccc(F)cc4)s3)c(=O)c(O)c2C(=O)N1C(C)C. The highest BCUT2D eigenvalue weighted by molar-refractivity contribution is 7.14. The summed E-state index contributed by atoms with van der Waals surface area (Å²) in [5.74, 6) is -1.96.